The highest BCUT2D eigenvalue weighted by Gasteiger charge is 2.38. The Hall–Kier alpha value is -3.63. The number of benzene rings is 2. The van der Waals surface area contributed by atoms with Crippen molar-refractivity contribution in [3.8, 4) is 6.07 Å². The molecule has 4 rings (SSSR count). The molecule has 0 aliphatic carbocycles. The third-order valence-corrected chi connectivity index (χ3v) is 5.40. The number of para-hydroxylation sites is 1. The first-order valence-electron chi connectivity index (χ1n) is 9.83. The van der Waals surface area contributed by atoms with E-state index in [-0.39, 0.29) is 11.9 Å². The van der Waals surface area contributed by atoms with Crippen molar-refractivity contribution < 1.29 is 14.3 Å². The second kappa shape index (κ2) is 8.39. The average Bonchev–Trinajstić information content (AvgIpc) is 2.80. The van der Waals surface area contributed by atoms with E-state index in [2.05, 4.69) is 11.4 Å². The Morgan fingerprint density at radius 3 is 2.40 bits per heavy atom. The van der Waals surface area contributed by atoms with Crippen molar-refractivity contribution in [2.75, 3.05) is 31.2 Å². The highest BCUT2D eigenvalue weighted by molar-refractivity contribution is 6.04. The van der Waals surface area contributed by atoms with Crippen LogP contribution >= 0.6 is 0 Å². The molecule has 1 saturated heterocycles. The van der Waals surface area contributed by atoms with Gasteiger partial charge >= 0.3 is 6.03 Å². The van der Waals surface area contributed by atoms with Crippen LogP contribution in [-0.4, -0.2) is 43.1 Å². The summed E-state index contributed by atoms with van der Waals surface area (Å²) in [5, 5.41) is 12.1. The van der Waals surface area contributed by atoms with E-state index >= 15 is 0 Å². The molecule has 3 amide bonds. The van der Waals surface area contributed by atoms with E-state index < -0.39 is 6.04 Å². The van der Waals surface area contributed by atoms with Gasteiger partial charge < -0.3 is 15.0 Å². The second-order valence-corrected chi connectivity index (χ2v) is 7.19. The van der Waals surface area contributed by atoms with Gasteiger partial charge in [0.1, 0.15) is 0 Å². The predicted octanol–water partition coefficient (Wildman–Crippen LogP) is 2.96. The smallest absolute Gasteiger partial charge is 0.326 e. The number of rotatable bonds is 3. The van der Waals surface area contributed by atoms with Crippen molar-refractivity contribution >= 4 is 17.6 Å². The number of nitriles is 1. The van der Waals surface area contributed by atoms with Gasteiger partial charge in [-0.25, -0.2) is 4.79 Å². The first-order chi connectivity index (χ1) is 14.6. The van der Waals surface area contributed by atoms with E-state index in [0.717, 1.165) is 5.56 Å². The average molecular weight is 402 g/mol. The van der Waals surface area contributed by atoms with Crippen LogP contribution in [0.5, 0.6) is 0 Å². The molecular formula is C23H22N4O3. The molecule has 2 aliphatic rings. The quantitative estimate of drug-likeness (QED) is 0.855. The molecule has 1 fully saturated rings. The Kier molecular flexibility index (Phi) is 5.50. The molecule has 0 aromatic heterocycles. The maximum Gasteiger partial charge on any atom is 0.326 e. The number of nitrogens with zero attached hydrogens (tertiary/aromatic N) is 3. The van der Waals surface area contributed by atoms with E-state index in [0.29, 0.717) is 48.8 Å². The fourth-order valence-electron chi connectivity index (χ4n) is 3.84. The van der Waals surface area contributed by atoms with Gasteiger partial charge in [0.2, 0.25) is 0 Å². The number of hydrogen-bond acceptors (Lipinski definition) is 4. The monoisotopic (exact) mass is 402 g/mol. The Morgan fingerprint density at radius 2 is 1.77 bits per heavy atom. The molecule has 2 heterocycles. The number of nitrogens with one attached hydrogen (secondary N) is 1. The van der Waals surface area contributed by atoms with Gasteiger partial charge in [-0.1, -0.05) is 30.3 Å². The lowest BCUT2D eigenvalue weighted by molar-refractivity contribution is -0.131. The summed E-state index contributed by atoms with van der Waals surface area (Å²) >= 11 is 0. The van der Waals surface area contributed by atoms with Crippen molar-refractivity contribution in [2.45, 2.75) is 13.0 Å². The number of hydrogen-bond donors (Lipinski definition) is 1. The zero-order chi connectivity index (χ0) is 21.1. The van der Waals surface area contributed by atoms with Gasteiger partial charge in [-0.3, -0.25) is 9.69 Å². The molecule has 152 valence electrons. The van der Waals surface area contributed by atoms with Gasteiger partial charge in [0.25, 0.3) is 5.91 Å². The maximum absolute atomic E-state index is 13.5. The lowest BCUT2D eigenvalue weighted by Gasteiger charge is -2.38. The number of amides is 3. The van der Waals surface area contributed by atoms with Crippen LogP contribution in [-0.2, 0) is 9.53 Å². The molecule has 7 heteroatoms. The van der Waals surface area contributed by atoms with Crippen LogP contribution in [0.1, 0.15) is 24.1 Å². The zero-order valence-electron chi connectivity index (χ0n) is 16.7. The number of ether oxygens (including phenoxy) is 1. The third kappa shape index (κ3) is 3.65. The number of carbonyl (C=O) groups excluding carboxylic acids is 2. The van der Waals surface area contributed by atoms with Crippen LogP contribution < -0.4 is 10.2 Å². The summed E-state index contributed by atoms with van der Waals surface area (Å²) in [4.78, 5) is 29.9. The molecule has 2 aromatic carbocycles. The third-order valence-electron chi connectivity index (χ3n) is 5.40. The molecule has 1 atom stereocenters. The number of morpholine rings is 1. The summed E-state index contributed by atoms with van der Waals surface area (Å²) in [6.45, 7) is 3.81. The molecule has 0 spiro atoms. The zero-order valence-corrected chi connectivity index (χ0v) is 16.7. The van der Waals surface area contributed by atoms with Crippen LogP contribution in [0.2, 0.25) is 0 Å². The van der Waals surface area contributed by atoms with Gasteiger partial charge in [0, 0.05) is 18.8 Å². The highest BCUT2D eigenvalue weighted by atomic mass is 16.5. The molecule has 30 heavy (non-hydrogen) atoms. The Bertz CT molecular complexity index is 1020. The fraction of sp³-hybridized carbons (Fsp3) is 0.261. The molecule has 2 aromatic rings. The molecule has 0 bridgehead atoms. The van der Waals surface area contributed by atoms with Crippen LogP contribution in [0.4, 0.5) is 10.5 Å². The normalized spacial score (nSPS) is 19.3. The second-order valence-electron chi connectivity index (χ2n) is 7.19. The van der Waals surface area contributed by atoms with Gasteiger partial charge in [-0.15, -0.1) is 0 Å². The Morgan fingerprint density at radius 1 is 1.10 bits per heavy atom. The van der Waals surface area contributed by atoms with E-state index in [1.165, 1.54) is 4.90 Å². The molecule has 0 radical (unpaired) electrons. The van der Waals surface area contributed by atoms with Gasteiger partial charge in [0.15, 0.2) is 0 Å². The summed E-state index contributed by atoms with van der Waals surface area (Å²) < 4.78 is 5.39. The fourth-order valence-corrected chi connectivity index (χ4v) is 3.84. The number of urea groups is 1. The summed E-state index contributed by atoms with van der Waals surface area (Å²) in [5.41, 5.74) is 3.08. The van der Waals surface area contributed by atoms with Gasteiger partial charge in [-0.2, -0.15) is 5.26 Å². The number of carbonyl (C=O) groups is 2. The number of anilines is 1. The maximum atomic E-state index is 13.5. The minimum Gasteiger partial charge on any atom is -0.378 e. The molecular weight excluding hydrogens is 380 g/mol. The summed E-state index contributed by atoms with van der Waals surface area (Å²) in [6, 6.07) is 17.4. The van der Waals surface area contributed by atoms with Crippen LogP contribution in [0.15, 0.2) is 65.9 Å². The van der Waals surface area contributed by atoms with E-state index in [1.54, 1.807) is 36.1 Å². The van der Waals surface area contributed by atoms with Gasteiger partial charge in [-0.05, 0) is 36.8 Å². The summed E-state index contributed by atoms with van der Waals surface area (Å²) in [6.07, 6.45) is 0. The summed E-state index contributed by atoms with van der Waals surface area (Å²) in [5.74, 6) is -0.119. The lowest BCUT2D eigenvalue weighted by Crippen LogP contribution is -2.51. The van der Waals surface area contributed by atoms with E-state index in [4.69, 9.17) is 10.00 Å². The highest BCUT2D eigenvalue weighted by Crippen LogP contribution is 2.34. The van der Waals surface area contributed by atoms with Gasteiger partial charge in [0.05, 0.1) is 42.1 Å². The molecule has 2 aliphatic heterocycles. The first-order valence-corrected chi connectivity index (χ1v) is 9.83. The first kappa shape index (κ1) is 19.7. The van der Waals surface area contributed by atoms with Crippen LogP contribution in [0.3, 0.4) is 0 Å². The van der Waals surface area contributed by atoms with Crippen molar-refractivity contribution in [3.63, 3.8) is 0 Å². The van der Waals surface area contributed by atoms with Crippen LogP contribution in [0.25, 0.3) is 0 Å². The van der Waals surface area contributed by atoms with E-state index in [1.807, 2.05) is 30.3 Å². The standard InChI is InChI=1S/C23H22N4O3/c1-16-20(22(28)26-11-13-30-14-12-26)21(18-9-7-17(15-24)8-10-18)25-23(29)27(16)19-5-3-2-4-6-19/h2-10,21H,11-14H2,1H3,(H,25,29). The largest absolute Gasteiger partial charge is 0.378 e. The Labute approximate surface area is 175 Å². The van der Waals surface area contributed by atoms with Crippen LogP contribution in [0, 0.1) is 11.3 Å². The van der Waals surface area contributed by atoms with E-state index in [9.17, 15) is 9.59 Å². The van der Waals surface area contributed by atoms with Crippen molar-refractivity contribution in [3.05, 3.63) is 77.0 Å². The minimum absolute atomic E-state index is 0.119. The predicted molar refractivity (Wildman–Crippen MR) is 111 cm³/mol. The summed E-state index contributed by atoms with van der Waals surface area (Å²) in [7, 11) is 0. The Balaban J connectivity index is 1.80. The van der Waals surface area contributed by atoms with Crippen molar-refractivity contribution in [1.82, 2.24) is 10.2 Å². The molecule has 0 saturated carbocycles. The molecule has 7 nitrogen and oxygen atoms in total. The van der Waals surface area contributed by atoms with Crippen molar-refractivity contribution in [2.24, 2.45) is 0 Å². The minimum atomic E-state index is -0.597. The molecule has 1 unspecified atom stereocenters. The lowest BCUT2D eigenvalue weighted by atomic mass is 9.93. The SMILES string of the molecule is CC1=C(C(=O)N2CCOCC2)C(c2ccc(C#N)cc2)NC(=O)N1c1ccccc1. The topological polar surface area (TPSA) is 85.7 Å². The number of allylic oxidation sites excluding steroid dienone is 1. The van der Waals surface area contributed by atoms with Crippen molar-refractivity contribution in [1.29, 1.82) is 5.26 Å². The molecule has 1 N–H and O–H groups in total.